The third-order valence-electron chi connectivity index (χ3n) is 3.64. The molecule has 1 aromatic heterocycles. The number of alkyl halides is 3. The standard InChI is InChI=1S/C18H11F3N2/c1-11-9-16(12-3-5-13(6-4-12)18(19,20)21)23-17-10-14(22-2)7-8-15(11)17/h3-10H,1H3. The van der Waals surface area contributed by atoms with Gasteiger partial charge in [0.2, 0.25) is 0 Å². The van der Waals surface area contributed by atoms with E-state index in [9.17, 15) is 13.2 Å². The zero-order valence-corrected chi connectivity index (χ0v) is 12.1. The van der Waals surface area contributed by atoms with Crippen LogP contribution in [0.25, 0.3) is 27.0 Å². The van der Waals surface area contributed by atoms with Crippen LogP contribution in [0.1, 0.15) is 11.1 Å². The number of hydrogen-bond acceptors (Lipinski definition) is 1. The molecule has 0 amide bonds. The van der Waals surface area contributed by atoms with Crippen molar-refractivity contribution in [1.29, 1.82) is 0 Å². The van der Waals surface area contributed by atoms with Gasteiger partial charge in [0.1, 0.15) is 0 Å². The second-order valence-electron chi connectivity index (χ2n) is 5.21. The summed E-state index contributed by atoms with van der Waals surface area (Å²) in [7, 11) is 0. The van der Waals surface area contributed by atoms with Crippen LogP contribution >= 0.6 is 0 Å². The number of rotatable bonds is 1. The van der Waals surface area contributed by atoms with Gasteiger partial charge in [0.25, 0.3) is 0 Å². The van der Waals surface area contributed by atoms with Crippen molar-refractivity contribution in [3.8, 4) is 11.3 Å². The highest BCUT2D eigenvalue weighted by Crippen LogP contribution is 2.32. The molecule has 0 saturated carbocycles. The van der Waals surface area contributed by atoms with E-state index in [4.69, 9.17) is 6.57 Å². The predicted molar refractivity (Wildman–Crippen MR) is 83.2 cm³/mol. The van der Waals surface area contributed by atoms with Gasteiger partial charge in [-0.25, -0.2) is 9.83 Å². The number of nitrogens with zero attached hydrogens (tertiary/aromatic N) is 2. The Bertz CT molecular complexity index is 920. The second-order valence-corrected chi connectivity index (χ2v) is 5.21. The maximum Gasteiger partial charge on any atom is 0.416 e. The van der Waals surface area contributed by atoms with E-state index >= 15 is 0 Å². The predicted octanol–water partition coefficient (Wildman–Crippen LogP) is 5.78. The SMILES string of the molecule is [C-]#[N+]c1ccc2c(C)cc(-c3ccc(C(F)(F)F)cc3)nc2c1. The Morgan fingerprint density at radius 2 is 1.70 bits per heavy atom. The Hall–Kier alpha value is -2.87. The maximum atomic E-state index is 12.6. The highest BCUT2D eigenvalue weighted by Gasteiger charge is 2.30. The molecule has 0 aliphatic heterocycles. The van der Waals surface area contributed by atoms with Crippen molar-refractivity contribution in [2.45, 2.75) is 13.1 Å². The quantitative estimate of drug-likeness (QED) is 0.521. The fraction of sp³-hybridized carbons (Fsp3) is 0.111. The van der Waals surface area contributed by atoms with Crippen molar-refractivity contribution in [1.82, 2.24) is 4.98 Å². The summed E-state index contributed by atoms with van der Waals surface area (Å²) in [5.41, 5.74) is 2.61. The molecule has 0 fully saturated rings. The van der Waals surface area contributed by atoms with Crippen LogP contribution in [0.2, 0.25) is 0 Å². The van der Waals surface area contributed by atoms with Crippen molar-refractivity contribution < 1.29 is 13.2 Å². The first kappa shape index (κ1) is 15.0. The van der Waals surface area contributed by atoms with Gasteiger partial charge in [0, 0.05) is 10.9 Å². The number of halogens is 3. The lowest BCUT2D eigenvalue weighted by Crippen LogP contribution is -2.04. The first-order valence-corrected chi connectivity index (χ1v) is 6.85. The molecule has 5 heteroatoms. The Kier molecular flexibility index (Phi) is 3.53. The lowest BCUT2D eigenvalue weighted by molar-refractivity contribution is -0.137. The molecule has 0 N–H and O–H groups in total. The lowest BCUT2D eigenvalue weighted by Gasteiger charge is -2.09. The molecule has 2 nitrogen and oxygen atoms in total. The zero-order chi connectivity index (χ0) is 16.6. The van der Waals surface area contributed by atoms with Crippen LogP contribution < -0.4 is 0 Å². The van der Waals surface area contributed by atoms with Gasteiger partial charge in [-0.05, 0) is 36.8 Å². The molecule has 0 atom stereocenters. The Morgan fingerprint density at radius 1 is 1.00 bits per heavy atom. The molecule has 2 aromatic carbocycles. The van der Waals surface area contributed by atoms with Crippen molar-refractivity contribution in [3.05, 3.63) is 71.1 Å². The molecule has 0 radical (unpaired) electrons. The monoisotopic (exact) mass is 312 g/mol. The lowest BCUT2D eigenvalue weighted by atomic mass is 10.0. The van der Waals surface area contributed by atoms with Gasteiger partial charge >= 0.3 is 6.18 Å². The van der Waals surface area contributed by atoms with Gasteiger partial charge in [-0.2, -0.15) is 13.2 Å². The van der Waals surface area contributed by atoms with Gasteiger partial charge in [0.05, 0.1) is 23.3 Å². The van der Waals surface area contributed by atoms with Crippen molar-refractivity contribution in [2.24, 2.45) is 0 Å². The first-order chi connectivity index (χ1) is 10.9. The molecule has 0 bridgehead atoms. The average molecular weight is 312 g/mol. The van der Waals surface area contributed by atoms with Crippen molar-refractivity contribution in [3.63, 3.8) is 0 Å². The molecule has 0 spiro atoms. The molecule has 1 heterocycles. The van der Waals surface area contributed by atoms with E-state index in [0.29, 0.717) is 22.5 Å². The van der Waals surface area contributed by atoms with E-state index in [1.807, 2.05) is 19.1 Å². The smallest absolute Gasteiger partial charge is 0.249 e. The van der Waals surface area contributed by atoms with Crippen LogP contribution in [0.4, 0.5) is 18.9 Å². The summed E-state index contributed by atoms with van der Waals surface area (Å²) in [5, 5.41) is 0.924. The number of aromatic nitrogens is 1. The minimum Gasteiger partial charge on any atom is -0.249 e. The number of benzene rings is 2. The van der Waals surface area contributed by atoms with Crippen molar-refractivity contribution >= 4 is 16.6 Å². The molecule has 114 valence electrons. The van der Waals surface area contributed by atoms with Crippen LogP contribution in [-0.4, -0.2) is 4.98 Å². The summed E-state index contributed by atoms with van der Waals surface area (Å²) in [6, 6.07) is 12.0. The minimum absolute atomic E-state index is 0.481. The van der Waals surface area contributed by atoms with Gasteiger partial charge in [-0.1, -0.05) is 24.3 Å². The minimum atomic E-state index is -4.35. The van der Waals surface area contributed by atoms with Crippen LogP contribution in [0, 0.1) is 13.5 Å². The molecule has 3 aromatic rings. The third kappa shape index (κ3) is 2.88. The normalized spacial score (nSPS) is 11.4. The molecule has 0 saturated heterocycles. The summed E-state index contributed by atoms with van der Waals surface area (Å²) in [5.74, 6) is 0. The summed E-state index contributed by atoms with van der Waals surface area (Å²) in [6.07, 6.45) is -4.35. The number of hydrogen-bond donors (Lipinski definition) is 0. The zero-order valence-electron chi connectivity index (χ0n) is 12.1. The van der Waals surface area contributed by atoms with Gasteiger partial charge in [-0.3, -0.25) is 0 Å². The third-order valence-corrected chi connectivity index (χ3v) is 3.64. The van der Waals surface area contributed by atoms with Gasteiger partial charge in [-0.15, -0.1) is 0 Å². The highest BCUT2D eigenvalue weighted by molar-refractivity contribution is 5.87. The van der Waals surface area contributed by atoms with Crippen LogP contribution in [-0.2, 0) is 6.18 Å². The van der Waals surface area contributed by atoms with Crippen molar-refractivity contribution in [2.75, 3.05) is 0 Å². The van der Waals surface area contributed by atoms with E-state index in [-0.39, 0.29) is 0 Å². The largest absolute Gasteiger partial charge is 0.416 e. The first-order valence-electron chi connectivity index (χ1n) is 6.85. The summed E-state index contributed by atoms with van der Waals surface area (Å²) >= 11 is 0. The molecule has 0 aliphatic rings. The maximum absolute atomic E-state index is 12.6. The van der Waals surface area contributed by atoms with Crippen LogP contribution in [0.15, 0.2) is 48.5 Å². The Balaban J connectivity index is 2.11. The van der Waals surface area contributed by atoms with E-state index < -0.39 is 11.7 Å². The van der Waals surface area contributed by atoms with E-state index in [1.54, 1.807) is 12.1 Å². The van der Waals surface area contributed by atoms with E-state index in [0.717, 1.165) is 23.1 Å². The Morgan fingerprint density at radius 3 is 2.30 bits per heavy atom. The topological polar surface area (TPSA) is 17.2 Å². The highest BCUT2D eigenvalue weighted by atomic mass is 19.4. The summed E-state index contributed by atoms with van der Waals surface area (Å²) in [4.78, 5) is 7.86. The molecule has 0 aliphatic carbocycles. The number of pyridine rings is 1. The fourth-order valence-electron chi connectivity index (χ4n) is 2.44. The Labute approximate surface area is 131 Å². The second kappa shape index (κ2) is 5.40. The number of aryl methyl sites for hydroxylation is 1. The van der Waals surface area contributed by atoms with E-state index in [2.05, 4.69) is 9.83 Å². The molecule has 23 heavy (non-hydrogen) atoms. The molecule has 0 unspecified atom stereocenters. The van der Waals surface area contributed by atoms with Crippen LogP contribution in [0.5, 0.6) is 0 Å². The molecular formula is C18H11F3N2. The van der Waals surface area contributed by atoms with E-state index in [1.165, 1.54) is 12.1 Å². The average Bonchev–Trinajstić information content (AvgIpc) is 2.53. The fourth-order valence-corrected chi connectivity index (χ4v) is 2.44. The molecule has 3 rings (SSSR count). The summed E-state index contributed by atoms with van der Waals surface area (Å²) in [6.45, 7) is 8.97. The van der Waals surface area contributed by atoms with Gasteiger partial charge in [0.15, 0.2) is 5.69 Å². The van der Waals surface area contributed by atoms with Gasteiger partial charge < -0.3 is 0 Å². The summed E-state index contributed by atoms with van der Waals surface area (Å²) < 4.78 is 37.9. The van der Waals surface area contributed by atoms with Crippen LogP contribution in [0.3, 0.4) is 0 Å². The molecular weight excluding hydrogens is 301 g/mol. The number of fused-ring (bicyclic) bond motifs is 1.